The Labute approximate surface area is 150 Å². The van der Waals surface area contributed by atoms with Crippen LogP contribution in [0.25, 0.3) is 0 Å². The van der Waals surface area contributed by atoms with E-state index in [-0.39, 0.29) is 16.7 Å². The van der Waals surface area contributed by atoms with Gasteiger partial charge in [0.05, 0.1) is 12.0 Å². The van der Waals surface area contributed by atoms with Crippen LogP contribution in [-0.4, -0.2) is 15.5 Å². The number of anilines is 2. The van der Waals surface area contributed by atoms with E-state index in [4.69, 9.17) is 10.5 Å². The molecular weight excluding hydrogens is 336 g/mol. The smallest absolute Gasteiger partial charge is 0.261 e. The van der Waals surface area contributed by atoms with E-state index in [0.717, 1.165) is 16.9 Å². The Balaban J connectivity index is 2.50. The number of rotatable bonds is 6. The summed E-state index contributed by atoms with van der Waals surface area (Å²) in [6.07, 6.45) is 0. The second-order valence-corrected chi connectivity index (χ2v) is 8.35. The highest BCUT2D eigenvalue weighted by Crippen LogP contribution is 2.37. The fourth-order valence-electron chi connectivity index (χ4n) is 2.69. The monoisotopic (exact) mass is 362 g/mol. The molecule has 2 aromatic carbocycles. The number of benzene rings is 2. The second kappa shape index (κ2) is 7.35. The molecule has 0 heterocycles. The highest BCUT2D eigenvalue weighted by Gasteiger charge is 2.20. The molecule has 25 heavy (non-hydrogen) atoms. The summed E-state index contributed by atoms with van der Waals surface area (Å²) in [4.78, 5) is 0.176. The van der Waals surface area contributed by atoms with Gasteiger partial charge in [0, 0.05) is 11.4 Å². The summed E-state index contributed by atoms with van der Waals surface area (Å²) in [5, 5.41) is 0. The lowest BCUT2D eigenvalue weighted by Crippen LogP contribution is -2.14. The Morgan fingerprint density at radius 3 is 1.84 bits per heavy atom. The Hall–Kier alpha value is -2.21. The molecule has 0 amide bonds. The molecule has 0 aliphatic heterocycles. The summed E-state index contributed by atoms with van der Waals surface area (Å²) in [5.41, 5.74) is 8.64. The zero-order valence-corrected chi connectivity index (χ0v) is 16.1. The molecule has 2 rings (SSSR count). The molecule has 0 bridgehead atoms. The molecule has 3 N–H and O–H groups in total. The summed E-state index contributed by atoms with van der Waals surface area (Å²) < 4.78 is 33.6. The van der Waals surface area contributed by atoms with Crippen molar-refractivity contribution < 1.29 is 13.2 Å². The Bertz CT molecular complexity index is 812. The van der Waals surface area contributed by atoms with E-state index < -0.39 is 10.0 Å². The van der Waals surface area contributed by atoms with Gasteiger partial charge in [-0.1, -0.05) is 27.7 Å². The molecule has 136 valence electrons. The number of sulfonamides is 1. The predicted octanol–water partition coefficient (Wildman–Crippen LogP) is 4.33. The topological polar surface area (TPSA) is 81.4 Å². The molecule has 0 fully saturated rings. The molecule has 0 spiro atoms. The van der Waals surface area contributed by atoms with Crippen LogP contribution in [0.3, 0.4) is 0 Å². The first-order chi connectivity index (χ1) is 11.7. The first-order valence-electron chi connectivity index (χ1n) is 8.26. The molecule has 0 aromatic heterocycles. The standard InChI is InChI=1S/C19H26N2O3S/c1-12(2)17-10-15(11-18(13(3)4)19(17)24-5)21-25(22,23)16-8-6-14(20)7-9-16/h6-13,21H,20H2,1-5H3. The van der Waals surface area contributed by atoms with E-state index >= 15 is 0 Å². The van der Waals surface area contributed by atoms with E-state index in [9.17, 15) is 8.42 Å². The van der Waals surface area contributed by atoms with Crippen molar-refractivity contribution in [1.82, 2.24) is 0 Å². The van der Waals surface area contributed by atoms with E-state index in [1.165, 1.54) is 12.1 Å². The van der Waals surface area contributed by atoms with E-state index in [2.05, 4.69) is 32.4 Å². The fourth-order valence-corrected chi connectivity index (χ4v) is 3.73. The maximum Gasteiger partial charge on any atom is 0.261 e. The van der Waals surface area contributed by atoms with Crippen molar-refractivity contribution in [3.8, 4) is 5.75 Å². The SMILES string of the molecule is COc1c(C(C)C)cc(NS(=O)(=O)c2ccc(N)cc2)cc1C(C)C. The average Bonchev–Trinajstić information content (AvgIpc) is 2.53. The van der Waals surface area contributed by atoms with Crippen LogP contribution in [0.15, 0.2) is 41.3 Å². The quantitative estimate of drug-likeness (QED) is 0.750. The molecule has 0 aliphatic carbocycles. The van der Waals surface area contributed by atoms with Gasteiger partial charge in [0.2, 0.25) is 0 Å². The minimum absolute atomic E-state index is 0.176. The molecule has 2 aromatic rings. The summed E-state index contributed by atoms with van der Waals surface area (Å²) in [5.74, 6) is 1.22. The van der Waals surface area contributed by atoms with Gasteiger partial charge in [-0.2, -0.15) is 0 Å². The van der Waals surface area contributed by atoms with Gasteiger partial charge in [-0.3, -0.25) is 4.72 Å². The van der Waals surface area contributed by atoms with Crippen molar-refractivity contribution in [1.29, 1.82) is 0 Å². The van der Waals surface area contributed by atoms with Crippen molar-refractivity contribution in [2.45, 2.75) is 44.4 Å². The molecule has 0 atom stereocenters. The van der Waals surface area contributed by atoms with Gasteiger partial charge in [-0.05, 0) is 59.4 Å². The zero-order valence-electron chi connectivity index (χ0n) is 15.3. The lowest BCUT2D eigenvalue weighted by atomic mass is 9.93. The number of methoxy groups -OCH3 is 1. The maximum absolute atomic E-state index is 12.6. The van der Waals surface area contributed by atoms with Crippen LogP contribution in [0.5, 0.6) is 5.75 Å². The van der Waals surface area contributed by atoms with Crippen LogP contribution in [0.1, 0.15) is 50.7 Å². The van der Waals surface area contributed by atoms with E-state index in [1.807, 2.05) is 12.1 Å². The molecular formula is C19H26N2O3S. The van der Waals surface area contributed by atoms with E-state index in [0.29, 0.717) is 11.4 Å². The van der Waals surface area contributed by atoms with Crippen molar-refractivity contribution in [3.63, 3.8) is 0 Å². The van der Waals surface area contributed by atoms with Crippen LogP contribution in [0.4, 0.5) is 11.4 Å². The zero-order chi connectivity index (χ0) is 18.8. The summed E-state index contributed by atoms with van der Waals surface area (Å²) in [6, 6.07) is 9.81. The average molecular weight is 362 g/mol. The fraction of sp³-hybridized carbons (Fsp3) is 0.368. The van der Waals surface area contributed by atoms with Crippen LogP contribution < -0.4 is 15.2 Å². The van der Waals surface area contributed by atoms with Gasteiger partial charge < -0.3 is 10.5 Å². The number of nitrogens with two attached hydrogens (primary N) is 1. The number of hydrogen-bond donors (Lipinski definition) is 2. The number of nitrogen functional groups attached to an aromatic ring is 1. The van der Waals surface area contributed by atoms with Crippen LogP contribution in [-0.2, 0) is 10.0 Å². The van der Waals surface area contributed by atoms with Gasteiger partial charge >= 0.3 is 0 Å². The molecule has 6 heteroatoms. The van der Waals surface area contributed by atoms with Crippen LogP contribution in [0.2, 0.25) is 0 Å². The van der Waals surface area contributed by atoms with Crippen LogP contribution >= 0.6 is 0 Å². The summed E-state index contributed by atoms with van der Waals surface area (Å²) >= 11 is 0. The molecule has 0 saturated carbocycles. The second-order valence-electron chi connectivity index (χ2n) is 6.67. The number of ether oxygens (including phenoxy) is 1. The van der Waals surface area contributed by atoms with Gasteiger partial charge in [0.25, 0.3) is 10.0 Å². The van der Waals surface area contributed by atoms with Crippen molar-refractivity contribution in [2.24, 2.45) is 0 Å². The Morgan fingerprint density at radius 2 is 1.44 bits per heavy atom. The van der Waals surface area contributed by atoms with Crippen molar-refractivity contribution >= 4 is 21.4 Å². The molecule has 0 aliphatic rings. The Kier molecular flexibility index (Phi) is 5.62. The predicted molar refractivity (Wildman–Crippen MR) is 103 cm³/mol. The minimum atomic E-state index is -3.68. The molecule has 0 radical (unpaired) electrons. The van der Waals surface area contributed by atoms with E-state index in [1.54, 1.807) is 19.2 Å². The lowest BCUT2D eigenvalue weighted by molar-refractivity contribution is 0.400. The third kappa shape index (κ3) is 4.25. The van der Waals surface area contributed by atoms with Gasteiger partial charge in [0.1, 0.15) is 5.75 Å². The lowest BCUT2D eigenvalue weighted by Gasteiger charge is -2.20. The number of nitrogens with one attached hydrogen (secondary N) is 1. The first-order valence-corrected chi connectivity index (χ1v) is 9.74. The molecule has 0 saturated heterocycles. The van der Waals surface area contributed by atoms with Gasteiger partial charge in [0.15, 0.2) is 0 Å². The largest absolute Gasteiger partial charge is 0.496 e. The van der Waals surface area contributed by atoms with Gasteiger partial charge in [-0.15, -0.1) is 0 Å². The normalized spacial score (nSPS) is 11.8. The highest BCUT2D eigenvalue weighted by molar-refractivity contribution is 7.92. The minimum Gasteiger partial charge on any atom is -0.496 e. The number of hydrogen-bond acceptors (Lipinski definition) is 4. The van der Waals surface area contributed by atoms with Crippen molar-refractivity contribution in [2.75, 3.05) is 17.6 Å². The van der Waals surface area contributed by atoms with Crippen molar-refractivity contribution in [3.05, 3.63) is 47.5 Å². The third-order valence-corrected chi connectivity index (χ3v) is 5.43. The third-order valence-electron chi connectivity index (χ3n) is 4.04. The molecule has 0 unspecified atom stereocenters. The van der Waals surface area contributed by atoms with Gasteiger partial charge in [-0.25, -0.2) is 8.42 Å². The van der Waals surface area contributed by atoms with Crippen LogP contribution in [0, 0.1) is 0 Å². The summed E-state index contributed by atoms with van der Waals surface area (Å²) in [7, 11) is -2.04. The first kappa shape index (κ1) is 19.1. The highest BCUT2D eigenvalue weighted by atomic mass is 32.2. The Morgan fingerprint density at radius 1 is 0.960 bits per heavy atom. The summed E-state index contributed by atoms with van der Waals surface area (Å²) in [6.45, 7) is 8.22. The maximum atomic E-state index is 12.6. The molecule has 5 nitrogen and oxygen atoms in total.